The number of ether oxygens (including phenoxy) is 1. The molecule has 52 heavy (non-hydrogen) atoms. The maximum atomic E-state index is 13.9. The lowest BCUT2D eigenvalue weighted by atomic mass is 9.86. The number of aromatic nitrogens is 1. The van der Waals surface area contributed by atoms with Crippen molar-refractivity contribution in [3.05, 3.63) is 54.2 Å². The Bertz CT molecular complexity index is 1530. The number of alkyl carbamates (subject to hydrolysis) is 1. The van der Waals surface area contributed by atoms with Crippen LogP contribution in [0.25, 0.3) is 11.3 Å². The van der Waals surface area contributed by atoms with Gasteiger partial charge in [-0.1, -0.05) is 78.2 Å². The number of carbonyl (C=O) groups excluding carboxylic acids is 4. The highest BCUT2D eigenvalue weighted by molar-refractivity contribution is 7.55. The van der Waals surface area contributed by atoms with Gasteiger partial charge in [0.1, 0.15) is 23.8 Å². The lowest BCUT2D eigenvalue weighted by molar-refractivity contribution is -0.135. The minimum absolute atomic E-state index is 0.0795. The van der Waals surface area contributed by atoms with Crippen molar-refractivity contribution in [2.24, 2.45) is 10.8 Å². The first kappa shape index (κ1) is 44.5. The fourth-order valence-corrected chi connectivity index (χ4v) is 6.51. The van der Waals surface area contributed by atoms with E-state index in [1.165, 1.54) is 0 Å². The number of amides is 4. The van der Waals surface area contributed by atoms with Gasteiger partial charge in [-0.05, 0) is 49.3 Å². The summed E-state index contributed by atoms with van der Waals surface area (Å²) in [5, 5.41) is 21.9. The van der Waals surface area contributed by atoms with Gasteiger partial charge >= 0.3 is 6.09 Å². The average molecular weight is 758 g/mol. The zero-order valence-electron chi connectivity index (χ0n) is 32.4. The van der Waals surface area contributed by atoms with Gasteiger partial charge < -0.3 is 25.8 Å². The molecule has 2 rings (SSSR count). The first-order valence-corrected chi connectivity index (χ1v) is 20.7. The molecule has 5 unspecified atom stereocenters. The minimum atomic E-state index is -1.17. The van der Waals surface area contributed by atoms with E-state index in [2.05, 4.69) is 39.0 Å². The SMILES string of the molecule is C=PCC(=O)NC(C(=O)NN(Cc1ccc(-c2ccccn2)cc1)CC(O)C(C[P+](=C)C)NC(=O)C(NC(=O)OC(C)(C)C)C(C)(C)C)C(C)(C)C. The van der Waals surface area contributed by atoms with E-state index in [9.17, 15) is 24.3 Å². The van der Waals surface area contributed by atoms with Gasteiger partial charge in [-0.3, -0.25) is 24.8 Å². The smallest absolute Gasteiger partial charge is 0.408 e. The third-order valence-corrected chi connectivity index (χ3v) is 9.27. The molecule has 5 atom stereocenters. The minimum Gasteiger partial charge on any atom is -0.444 e. The van der Waals surface area contributed by atoms with Gasteiger partial charge in [0.25, 0.3) is 5.91 Å². The van der Waals surface area contributed by atoms with E-state index in [-0.39, 0.29) is 25.2 Å². The maximum absolute atomic E-state index is 13.9. The summed E-state index contributed by atoms with van der Waals surface area (Å²) in [6, 6.07) is 10.7. The zero-order chi connectivity index (χ0) is 39.4. The van der Waals surface area contributed by atoms with Gasteiger partial charge in [0.05, 0.1) is 44.5 Å². The number of carbonyl (C=O) groups is 4. The summed E-state index contributed by atoms with van der Waals surface area (Å²) in [7, 11) is -0.214. The predicted molar refractivity (Wildman–Crippen MR) is 214 cm³/mol. The molecule has 0 aliphatic rings. The van der Waals surface area contributed by atoms with E-state index in [0.717, 1.165) is 16.8 Å². The molecule has 0 aliphatic carbocycles. The molecule has 1 aromatic carbocycles. The molecular weight excluding hydrogens is 698 g/mol. The monoisotopic (exact) mass is 757 g/mol. The van der Waals surface area contributed by atoms with Crippen LogP contribution < -0.4 is 21.4 Å². The van der Waals surface area contributed by atoms with Crippen molar-refractivity contribution >= 4 is 52.2 Å². The lowest BCUT2D eigenvalue weighted by Gasteiger charge is -2.35. The Balaban J connectivity index is 2.43. The fraction of sp³-hybridized carbons (Fsp3) is 0.553. The number of benzene rings is 1. The molecule has 0 spiro atoms. The number of hydrazine groups is 1. The van der Waals surface area contributed by atoms with Gasteiger partial charge in [0.2, 0.25) is 11.8 Å². The number of aliphatic hydroxyl groups excluding tert-OH is 1. The van der Waals surface area contributed by atoms with Crippen molar-refractivity contribution in [2.75, 3.05) is 25.5 Å². The normalized spacial score (nSPS) is 14.8. The van der Waals surface area contributed by atoms with Crippen molar-refractivity contribution in [3.8, 4) is 11.3 Å². The summed E-state index contributed by atoms with van der Waals surface area (Å²) in [6.07, 6.45) is 8.21. The largest absolute Gasteiger partial charge is 0.444 e. The lowest BCUT2D eigenvalue weighted by Crippen LogP contribution is -2.61. The third kappa shape index (κ3) is 15.5. The summed E-state index contributed by atoms with van der Waals surface area (Å²) >= 11 is 0. The summed E-state index contributed by atoms with van der Waals surface area (Å²) in [4.78, 5) is 57.4. The highest BCUT2D eigenvalue weighted by Crippen LogP contribution is 2.24. The number of rotatable bonds is 16. The number of hydrogen-bond donors (Lipinski definition) is 5. The van der Waals surface area contributed by atoms with Gasteiger partial charge in [0, 0.05) is 24.8 Å². The molecule has 286 valence electrons. The number of nitrogens with zero attached hydrogens (tertiary/aromatic N) is 2. The molecule has 12 nitrogen and oxygen atoms in total. The van der Waals surface area contributed by atoms with Crippen LogP contribution >= 0.6 is 15.7 Å². The van der Waals surface area contributed by atoms with E-state index >= 15 is 0 Å². The van der Waals surface area contributed by atoms with E-state index < -0.39 is 66.1 Å². The highest BCUT2D eigenvalue weighted by Gasteiger charge is 2.38. The van der Waals surface area contributed by atoms with E-state index in [4.69, 9.17) is 4.74 Å². The second kappa shape index (κ2) is 19.4. The standard InChI is InChI=1S/C38H58N6O6P2/c1-36(2,3)31(42-35(49)50-38(7,8)9)33(47)40-28(24-52(11)12)29(45)22-44(43-34(48)32(37(4,5)6)41-30(46)23-51-10)21-25-16-18-26(19-17-25)27-15-13-14-20-39-27/h13-20,28-29,31-32,45H,10-11,21-24H2,1-9,12H3,(H3-,40,41,42,43,46,47,48,49)/p+1. The Morgan fingerprint density at radius 2 is 1.50 bits per heavy atom. The number of nitrogens with one attached hydrogen (secondary N) is 4. The van der Waals surface area contributed by atoms with Crippen LogP contribution in [0, 0.1) is 10.8 Å². The van der Waals surface area contributed by atoms with Gasteiger partial charge in [-0.15, -0.1) is 8.20 Å². The van der Waals surface area contributed by atoms with Crippen LogP contribution in [0.3, 0.4) is 0 Å². The summed E-state index contributed by atoms with van der Waals surface area (Å²) in [5.74, 6) is -1.24. The van der Waals surface area contributed by atoms with Crippen LogP contribution in [-0.2, 0) is 25.7 Å². The topological polar surface area (TPSA) is 162 Å². The molecular formula is C38H59N6O6P2+. The summed E-state index contributed by atoms with van der Waals surface area (Å²) < 4.78 is 5.42. The van der Waals surface area contributed by atoms with Crippen molar-refractivity contribution < 1.29 is 29.0 Å². The Kier molecular flexibility index (Phi) is 16.6. The zero-order valence-corrected chi connectivity index (χ0v) is 34.2. The molecule has 5 N–H and O–H groups in total. The Labute approximate surface area is 312 Å². The molecule has 0 radical (unpaired) electrons. The third-order valence-electron chi connectivity index (χ3n) is 7.74. The van der Waals surface area contributed by atoms with Gasteiger partial charge in [-0.2, -0.15) is 0 Å². The quantitative estimate of drug-likeness (QED) is 0.120. The van der Waals surface area contributed by atoms with E-state index in [1.54, 1.807) is 32.0 Å². The van der Waals surface area contributed by atoms with Crippen LogP contribution in [0.5, 0.6) is 0 Å². The Hall–Kier alpha value is -3.69. The van der Waals surface area contributed by atoms with Crippen molar-refractivity contribution in [2.45, 2.75) is 98.7 Å². The second-order valence-corrected chi connectivity index (χ2v) is 19.0. The second-order valence-electron chi connectivity index (χ2n) is 16.2. The molecule has 0 aliphatic heterocycles. The molecule has 14 heteroatoms. The Morgan fingerprint density at radius 3 is 2.00 bits per heavy atom. The first-order chi connectivity index (χ1) is 24.0. The van der Waals surface area contributed by atoms with Crippen molar-refractivity contribution in [3.63, 3.8) is 0 Å². The maximum Gasteiger partial charge on any atom is 0.408 e. The Morgan fingerprint density at radius 1 is 0.904 bits per heavy atom. The average Bonchev–Trinajstić information content (AvgIpc) is 3.00. The van der Waals surface area contributed by atoms with E-state index in [0.29, 0.717) is 14.4 Å². The molecule has 4 amide bonds. The van der Waals surface area contributed by atoms with Crippen LogP contribution in [0.2, 0.25) is 0 Å². The van der Waals surface area contributed by atoms with Crippen LogP contribution in [0.1, 0.15) is 67.9 Å². The predicted octanol–water partition coefficient (Wildman–Crippen LogP) is 4.82. The van der Waals surface area contributed by atoms with Gasteiger partial charge in [0.15, 0.2) is 0 Å². The molecule has 2 aromatic rings. The molecule has 1 heterocycles. The van der Waals surface area contributed by atoms with Gasteiger partial charge in [-0.25, -0.2) is 9.80 Å². The number of aliphatic hydroxyl groups is 1. The van der Waals surface area contributed by atoms with E-state index in [1.807, 2.05) is 90.7 Å². The molecule has 0 fully saturated rings. The molecule has 0 bridgehead atoms. The van der Waals surface area contributed by atoms with Crippen LogP contribution in [0.15, 0.2) is 48.7 Å². The molecule has 1 aromatic heterocycles. The number of hydrogen-bond acceptors (Lipinski definition) is 8. The summed E-state index contributed by atoms with van der Waals surface area (Å²) in [5.41, 5.74) is 3.42. The van der Waals surface area contributed by atoms with Crippen molar-refractivity contribution in [1.29, 1.82) is 0 Å². The van der Waals surface area contributed by atoms with Crippen molar-refractivity contribution in [1.82, 2.24) is 31.4 Å². The van der Waals surface area contributed by atoms with Crippen LogP contribution in [0.4, 0.5) is 4.79 Å². The molecule has 0 saturated carbocycles. The molecule has 0 saturated heterocycles. The number of pyridine rings is 1. The first-order valence-electron chi connectivity index (χ1n) is 17.3. The summed E-state index contributed by atoms with van der Waals surface area (Å²) in [6.45, 7) is 18.3. The highest BCUT2D eigenvalue weighted by atomic mass is 31.1. The van der Waals surface area contributed by atoms with Crippen LogP contribution in [-0.4, -0.2) is 107 Å². The fourth-order valence-electron chi connectivity index (χ4n) is 5.21.